The van der Waals surface area contributed by atoms with E-state index in [1.54, 1.807) is 12.2 Å². The number of aliphatic hydroxyl groups is 4. The molecule has 0 amide bonds. The van der Waals surface area contributed by atoms with Crippen molar-refractivity contribution in [2.45, 2.75) is 64.8 Å². The second kappa shape index (κ2) is 9.43. The summed E-state index contributed by atoms with van der Waals surface area (Å²) in [7, 11) is 0. The van der Waals surface area contributed by atoms with Crippen LogP contribution in [0.4, 0.5) is 0 Å². The van der Waals surface area contributed by atoms with Gasteiger partial charge in [-0.15, -0.1) is 0 Å². The Labute approximate surface area is 166 Å². The number of hydrogen-bond acceptors (Lipinski definition) is 7. The van der Waals surface area contributed by atoms with Crippen molar-refractivity contribution in [2.24, 2.45) is 11.3 Å². The first kappa shape index (κ1) is 22.9. The standard InChI is InChI=1S/C21H32O7/c1-12(5-6-15-13(2)9-14(23)10-21(15,3)4)7-8-27-20-19(26)18(25)17(24)16(11-22)28-20/h5-7,9,15-20,22,24-26H,8,10-11H2,1-4H3. The maximum atomic E-state index is 11.8. The van der Waals surface area contributed by atoms with Gasteiger partial charge in [-0.1, -0.05) is 43.2 Å². The Balaban J connectivity index is 1.95. The average molecular weight is 396 g/mol. The Morgan fingerprint density at radius 1 is 1.29 bits per heavy atom. The number of rotatable bonds is 6. The van der Waals surface area contributed by atoms with E-state index in [0.717, 1.165) is 11.1 Å². The van der Waals surface area contributed by atoms with Crippen LogP contribution in [0, 0.1) is 11.3 Å². The van der Waals surface area contributed by atoms with Crippen LogP contribution in [0.15, 0.2) is 35.5 Å². The fourth-order valence-corrected chi connectivity index (χ4v) is 3.78. The third kappa shape index (κ3) is 5.37. The van der Waals surface area contributed by atoms with E-state index >= 15 is 0 Å². The highest BCUT2D eigenvalue weighted by molar-refractivity contribution is 5.92. The molecule has 1 aliphatic carbocycles. The summed E-state index contributed by atoms with van der Waals surface area (Å²) >= 11 is 0. The predicted molar refractivity (Wildman–Crippen MR) is 103 cm³/mol. The van der Waals surface area contributed by atoms with Gasteiger partial charge in [-0.3, -0.25) is 4.79 Å². The van der Waals surface area contributed by atoms with Crippen LogP contribution in [0.1, 0.15) is 34.1 Å². The molecule has 0 saturated carbocycles. The third-order valence-electron chi connectivity index (χ3n) is 5.42. The van der Waals surface area contributed by atoms with Gasteiger partial charge in [0.15, 0.2) is 12.1 Å². The van der Waals surface area contributed by atoms with E-state index in [4.69, 9.17) is 9.47 Å². The van der Waals surface area contributed by atoms with Crippen molar-refractivity contribution in [1.29, 1.82) is 0 Å². The lowest BCUT2D eigenvalue weighted by molar-refractivity contribution is -0.298. The van der Waals surface area contributed by atoms with Gasteiger partial charge in [0.05, 0.1) is 13.2 Å². The molecule has 0 spiro atoms. The average Bonchev–Trinajstić information content (AvgIpc) is 2.60. The van der Waals surface area contributed by atoms with Gasteiger partial charge in [0.25, 0.3) is 0 Å². The van der Waals surface area contributed by atoms with Crippen LogP contribution in [0.2, 0.25) is 0 Å². The number of ether oxygens (including phenoxy) is 2. The maximum absolute atomic E-state index is 11.8. The Hall–Kier alpha value is -1.35. The number of aliphatic hydroxyl groups excluding tert-OH is 4. The van der Waals surface area contributed by atoms with Gasteiger partial charge >= 0.3 is 0 Å². The molecule has 0 radical (unpaired) electrons. The van der Waals surface area contributed by atoms with Gasteiger partial charge in [-0.05, 0) is 25.3 Å². The van der Waals surface area contributed by atoms with Gasteiger partial charge in [0.2, 0.25) is 0 Å². The summed E-state index contributed by atoms with van der Waals surface area (Å²) < 4.78 is 10.8. The Bertz CT molecular complexity index is 647. The van der Waals surface area contributed by atoms with Crippen LogP contribution in [-0.2, 0) is 14.3 Å². The minimum Gasteiger partial charge on any atom is -0.394 e. The van der Waals surface area contributed by atoms with E-state index in [9.17, 15) is 25.2 Å². The minimum absolute atomic E-state index is 0.125. The van der Waals surface area contributed by atoms with Crippen LogP contribution in [0.5, 0.6) is 0 Å². The first-order chi connectivity index (χ1) is 13.1. The number of hydrogen-bond donors (Lipinski definition) is 4. The number of allylic oxidation sites excluding steroid dienone is 5. The molecule has 1 fully saturated rings. The van der Waals surface area contributed by atoms with E-state index in [1.165, 1.54) is 0 Å². The first-order valence-electron chi connectivity index (χ1n) is 9.55. The topological polar surface area (TPSA) is 116 Å². The van der Waals surface area contributed by atoms with Crippen LogP contribution < -0.4 is 0 Å². The smallest absolute Gasteiger partial charge is 0.187 e. The lowest BCUT2D eigenvalue weighted by Gasteiger charge is -2.39. The molecule has 2 rings (SSSR count). The SMILES string of the molecule is CC(C=CC1C(C)=CC(=O)CC1(C)C)=CCOC1OC(CO)C(O)C(O)C1O. The summed E-state index contributed by atoms with van der Waals surface area (Å²) in [4.78, 5) is 11.8. The van der Waals surface area contributed by atoms with E-state index in [2.05, 4.69) is 19.9 Å². The highest BCUT2D eigenvalue weighted by Crippen LogP contribution is 2.40. The van der Waals surface area contributed by atoms with Crippen molar-refractivity contribution in [1.82, 2.24) is 0 Å². The van der Waals surface area contributed by atoms with Crippen molar-refractivity contribution < 1.29 is 34.7 Å². The predicted octanol–water partition coefficient (Wildman–Crippen LogP) is 0.867. The summed E-state index contributed by atoms with van der Waals surface area (Å²) in [6, 6.07) is 0. The summed E-state index contributed by atoms with van der Waals surface area (Å²) in [5, 5.41) is 38.7. The molecule has 6 unspecified atom stereocenters. The van der Waals surface area contributed by atoms with Crippen molar-refractivity contribution in [2.75, 3.05) is 13.2 Å². The van der Waals surface area contributed by atoms with E-state index < -0.39 is 37.3 Å². The molecule has 0 aromatic carbocycles. The van der Waals surface area contributed by atoms with Gasteiger partial charge in [0, 0.05) is 12.3 Å². The molecule has 2 aliphatic rings. The molecule has 4 N–H and O–H groups in total. The quantitative estimate of drug-likeness (QED) is 0.492. The van der Waals surface area contributed by atoms with Crippen molar-refractivity contribution in [3.63, 3.8) is 0 Å². The molecule has 1 aliphatic heterocycles. The fraction of sp³-hybridized carbons (Fsp3) is 0.667. The molecule has 1 saturated heterocycles. The molecule has 0 aromatic rings. The Kier molecular flexibility index (Phi) is 7.73. The van der Waals surface area contributed by atoms with E-state index in [0.29, 0.717) is 6.42 Å². The second-order valence-electron chi connectivity index (χ2n) is 8.34. The molecule has 0 bridgehead atoms. The monoisotopic (exact) mass is 396 g/mol. The van der Waals surface area contributed by atoms with Crippen LogP contribution >= 0.6 is 0 Å². The van der Waals surface area contributed by atoms with Gasteiger partial charge in [-0.25, -0.2) is 0 Å². The van der Waals surface area contributed by atoms with E-state index in [1.807, 2.05) is 19.9 Å². The second-order valence-corrected chi connectivity index (χ2v) is 8.34. The van der Waals surface area contributed by atoms with Crippen LogP contribution in [-0.4, -0.2) is 70.1 Å². The normalized spacial score (nSPS) is 36.6. The molecular formula is C21H32O7. The zero-order valence-electron chi connectivity index (χ0n) is 16.9. The molecule has 7 heteroatoms. The van der Waals surface area contributed by atoms with Crippen molar-refractivity contribution in [3.8, 4) is 0 Å². The Morgan fingerprint density at radius 3 is 2.57 bits per heavy atom. The highest BCUT2D eigenvalue weighted by Gasteiger charge is 2.43. The Morgan fingerprint density at radius 2 is 1.96 bits per heavy atom. The largest absolute Gasteiger partial charge is 0.394 e. The minimum atomic E-state index is -1.45. The van der Waals surface area contributed by atoms with Gasteiger partial charge in [-0.2, -0.15) is 0 Å². The zero-order valence-corrected chi connectivity index (χ0v) is 16.9. The molecule has 158 valence electrons. The number of carbonyl (C=O) groups excluding carboxylic acids is 1. The zero-order chi connectivity index (χ0) is 21.1. The number of carbonyl (C=O) groups is 1. The molecule has 7 nitrogen and oxygen atoms in total. The van der Waals surface area contributed by atoms with Crippen LogP contribution in [0.25, 0.3) is 0 Å². The third-order valence-corrected chi connectivity index (χ3v) is 5.42. The highest BCUT2D eigenvalue weighted by atomic mass is 16.7. The van der Waals surface area contributed by atoms with Gasteiger partial charge in [0.1, 0.15) is 24.4 Å². The summed E-state index contributed by atoms with van der Waals surface area (Å²) in [5.74, 6) is 0.326. The maximum Gasteiger partial charge on any atom is 0.187 e. The summed E-state index contributed by atoms with van der Waals surface area (Å²) in [5.41, 5.74) is 1.84. The van der Waals surface area contributed by atoms with Crippen molar-refractivity contribution in [3.05, 3.63) is 35.5 Å². The summed E-state index contributed by atoms with van der Waals surface area (Å²) in [6.45, 7) is 7.67. The molecule has 6 atom stereocenters. The lowest BCUT2D eigenvalue weighted by Crippen LogP contribution is -2.59. The summed E-state index contributed by atoms with van der Waals surface area (Å²) in [6.07, 6.45) is 1.69. The number of ketones is 1. The first-order valence-corrected chi connectivity index (χ1v) is 9.55. The fourth-order valence-electron chi connectivity index (χ4n) is 3.78. The molecular weight excluding hydrogens is 364 g/mol. The van der Waals surface area contributed by atoms with Crippen LogP contribution in [0.3, 0.4) is 0 Å². The molecule has 1 heterocycles. The van der Waals surface area contributed by atoms with Gasteiger partial charge < -0.3 is 29.9 Å². The molecule has 0 aromatic heterocycles. The molecule has 28 heavy (non-hydrogen) atoms. The van der Waals surface area contributed by atoms with E-state index in [-0.39, 0.29) is 23.7 Å². The van der Waals surface area contributed by atoms with Crippen molar-refractivity contribution >= 4 is 5.78 Å². The lowest BCUT2D eigenvalue weighted by atomic mass is 9.68.